The van der Waals surface area contributed by atoms with E-state index in [0.717, 1.165) is 71.1 Å². The summed E-state index contributed by atoms with van der Waals surface area (Å²) in [5.41, 5.74) is 0. The van der Waals surface area contributed by atoms with Crippen molar-refractivity contribution < 1.29 is 9.47 Å². The zero-order valence-electron chi connectivity index (χ0n) is 15.3. The van der Waals surface area contributed by atoms with E-state index in [1.165, 1.54) is 9.88 Å². The van der Waals surface area contributed by atoms with Crippen molar-refractivity contribution in [2.24, 2.45) is 4.99 Å². The first-order valence-corrected chi connectivity index (χ1v) is 9.78. The van der Waals surface area contributed by atoms with Crippen molar-refractivity contribution in [3.63, 3.8) is 0 Å². The summed E-state index contributed by atoms with van der Waals surface area (Å²) in [5.74, 6) is 0.869. The maximum atomic E-state index is 5.75. The second-order valence-electron chi connectivity index (χ2n) is 5.72. The molecule has 2 N–H and O–H groups in total. The maximum absolute atomic E-state index is 5.75. The first kappa shape index (κ1) is 22.6. The van der Waals surface area contributed by atoms with Gasteiger partial charge in [-0.25, -0.2) is 4.98 Å². The number of hydrogen-bond donors (Lipinski definition) is 2. The van der Waals surface area contributed by atoms with E-state index in [2.05, 4.69) is 34.5 Å². The first-order chi connectivity index (χ1) is 11.8. The zero-order chi connectivity index (χ0) is 17.0. The quantitative estimate of drug-likeness (QED) is 0.232. The van der Waals surface area contributed by atoms with Crippen LogP contribution in [0.3, 0.4) is 0 Å². The summed E-state index contributed by atoms with van der Waals surface area (Å²) in [6.45, 7) is 9.02. The molecular formula is C17H31IN4O2S. The molecule has 1 saturated heterocycles. The molecule has 0 aromatic carbocycles. The number of ether oxygens (including phenoxy) is 2. The average Bonchev–Trinajstić information content (AvgIpc) is 3.26. The number of guanidine groups is 1. The van der Waals surface area contributed by atoms with Crippen LogP contribution in [0, 0.1) is 0 Å². The monoisotopic (exact) mass is 482 g/mol. The van der Waals surface area contributed by atoms with Crippen LogP contribution in [0.1, 0.15) is 36.6 Å². The zero-order valence-corrected chi connectivity index (χ0v) is 18.4. The van der Waals surface area contributed by atoms with Crippen molar-refractivity contribution in [1.29, 1.82) is 0 Å². The lowest BCUT2D eigenvalue weighted by Gasteiger charge is -2.11. The SMILES string of the molecule is CCNC(=NCCCOC1CCOC1)NCCc1ncc(CC)s1.I. The summed E-state index contributed by atoms with van der Waals surface area (Å²) < 4.78 is 11.1. The summed E-state index contributed by atoms with van der Waals surface area (Å²) in [7, 11) is 0. The van der Waals surface area contributed by atoms with Gasteiger partial charge in [-0.15, -0.1) is 35.3 Å². The fourth-order valence-electron chi connectivity index (χ4n) is 2.41. The Labute approximate surface area is 172 Å². The number of aryl methyl sites for hydroxylation is 1. The second kappa shape index (κ2) is 13.7. The lowest BCUT2D eigenvalue weighted by molar-refractivity contribution is 0.0424. The van der Waals surface area contributed by atoms with E-state index < -0.39 is 0 Å². The standard InChI is InChI=1S/C17H30N4O2S.HI/c1-3-15-12-21-16(24-15)6-9-20-17(18-4-2)19-8-5-10-23-14-7-11-22-13-14;/h12,14H,3-11,13H2,1-2H3,(H2,18,19,20);1H. The highest BCUT2D eigenvalue weighted by Gasteiger charge is 2.15. The van der Waals surface area contributed by atoms with Crippen LogP contribution < -0.4 is 10.6 Å². The number of halogens is 1. The minimum absolute atomic E-state index is 0. The molecule has 8 heteroatoms. The van der Waals surface area contributed by atoms with Gasteiger partial charge in [0.1, 0.15) is 0 Å². The predicted molar refractivity (Wildman–Crippen MR) is 114 cm³/mol. The molecule has 1 aliphatic rings. The van der Waals surface area contributed by atoms with E-state index >= 15 is 0 Å². The third-order valence-corrected chi connectivity index (χ3v) is 4.94. The Morgan fingerprint density at radius 1 is 1.44 bits per heavy atom. The predicted octanol–water partition coefficient (Wildman–Crippen LogP) is 2.62. The normalized spacial score (nSPS) is 17.4. The summed E-state index contributed by atoms with van der Waals surface area (Å²) in [5, 5.41) is 7.83. The Bertz CT molecular complexity index is 493. The van der Waals surface area contributed by atoms with E-state index in [4.69, 9.17) is 9.47 Å². The van der Waals surface area contributed by atoms with Gasteiger partial charge in [0.05, 0.1) is 17.7 Å². The van der Waals surface area contributed by atoms with Gasteiger partial charge in [-0.1, -0.05) is 6.92 Å². The molecule has 1 atom stereocenters. The molecule has 1 unspecified atom stereocenters. The summed E-state index contributed by atoms with van der Waals surface area (Å²) in [6.07, 6.45) is 6.20. The van der Waals surface area contributed by atoms with Crippen LogP contribution in [-0.2, 0) is 22.3 Å². The highest BCUT2D eigenvalue weighted by molar-refractivity contribution is 14.0. The van der Waals surface area contributed by atoms with Crippen LogP contribution in [0.4, 0.5) is 0 Å². The molecule has 1 fully saturated rings. The van der Waals surface area contributed by atoms with Crippen molar-refractivity contribution in [2.75, 3.05) is 39.5 Å². The third-order valence-electron chi connectivity index (χ3n) is 3.74. The molecule has 1 aromatic rings. The topological polar surface area (TPSA) is 67.8 Å². The lowest BCUT2D eigenvalue weighted by Crippen LogP contribution is -2.38. The average molecular weight is 482 g/mol. The minimum Gasteiger partial charge on any atom is -0.379 e. The van der Waals surface area contributed by atoms with Crippen molar-refractivity contribution in [1.82, 2.24) is 15.6 Å². The molecule has 1 aromatic heterocycles. The lowest BCUT2D eigenvalue weighted by atomic mass is 10.3. The van der Waals surface area contributed by atoms with Crippen LogP contribution >= 0.6 is 35.3 Å². The Kier molecular flexibility index (Phi) is 12.4. The molecule has 0 aliphatic carbocycles. The van der Waals surface area contributed by atoms with Crippen molar-refractivity contribution in [3.05, 3.63) is 16.1 Å². The van der Waals surface area contributed by atoms with Crippen LogP contribution in [0.25, 0.3) is 0 Å². The van der Waals surface area contributed by atoms with Gasteiger partial charge in [-0.05, 0) is 26.2 Å². The van der Waals surface area contributed by atoms with Crippen LogP contribution in [0.15, 0.2) is 11.2 Å². The molecule has 25 heavy (non-hydrogen) atoms. The molecule has 0 amide bonds. The van der Waals surface area contributed by atoms with Crippen LogP contribution in [0.5, 0.6) is 0 Å². The number of aliphatic imine (C=N–C) groups is 1. The highest BCUT2D eigenvalue weighted by Crippen LogP contribution is 2.13. The van der Waals surface area contributed by atoms with Crippen LogP contribution in [-0.4, -0.2) is 56.5 Å². The van der Waals surface area contributed by atoms with Crippen molar-refractivity contribution in [3.8, 4) is 0 Å². The molecule has 1 aliphatic heterocycles. The van der Waals surface area contributed by atoms with E-state index in [1.54, 1.807) is 11.3 Å². The number of nitrogens with one attached hydrogen (secondary N) is 2. The van der Waals surface area contributed by atoms with Gasteiger partial charge in [0, 0.05) is 50.3 Å². The van der Waals surface area contributed by atoms with Gasteiger partial charge in [0.15, 0.2) is 5.96 Å². The third kappa shape index (κ3) is 9.16. The number of thiazole rings is 1. The fraction of sp³-hybridized carbons (Fsp3) is 0.765. The Hall–Kier alpha value is -0.450. The minimum atomic E-state index is 0. The van der Waals surface area contributed by atoms with Gasteiger partial charge in [0.25, 0.3) is 0 Å². The molecule has 2 heterocycles. The first-order valence-electron chi connectivity index (χ1n) is 8.97. The molecule has 0 radical (unpaired) electrons. The van der Waals surface area contributed by atoms with E-state index in [0.29, 0.717) is 0 Å². The number of rotatable bonds is 10. The molecule has 144 valence electrons. The Morgan fingerprint density at radius 2 is 2.32 bits per heavy atom. The van der Waals surface area contributed by atoms with Crippen molar-refractivity contribution in [2.45, 2.75) is 45.6 Å². The number of aromatic nitrogens is 1. The molecule has 0 spiro atoms. The van der Waals surface area contributed by atoms with Gasteiger partial charge < -0.3 is 20.1 Å². The number of nitrogens with zero attached hydrogens (tertiary/aromatic N) is 2. The van der Waals surface area contributed by atoms with E-state index in [9.17, 15) is 0 Å². The van der Waals surface area contributed by atoms with Crippen LogP contribution in [0.2, 0.25) is 0 Å². The summed E-state index contributed by atoms with van der Waals surface area (Å²) in [4.78, 5) is 10.4. The molecule has 2 rings (SSSR count). The van der Waals surface area contributed by atoms with Crippen molar-refractivity contribution >= 4 is 41.3 Å². The van der Waals surface area contributed by atoms with Gasteiger partial charge in [0.2, 0.25) is 0 Å². The molecular weight excluding hydrogens is 451 g/mol. The summed E-state index contributed by atoms with van der Waals surface area (Å²) >= 11 is 1.80. The molecule has 0 bridgehead atoms. The molecule has 0 saturated carbocycles. The smallest absolute Gasteiger partial charge is 0.191 e. The molecule has 6 nitrogen and oxygen atoms in total. The summed E-state index contributed by atoms with van der Waals surface area (Å²) in [6, 6.07) is 0. The Balaban J connectivity index is 0.00000312. The highest BCUT2D eigenvalue weighted by atomic mass is 127. The Morgan fingerprint density at radius 3 is 3.00 bits per heavy atom. The maximum Gasteiger partial charge on any atom is 0.191 e. The van der Waals surface area contributed by atoms with E-state index in [-0.39, 0.29) is 30.1 Å². The van der Waals surface area contributed by atoms with Gasteiger partial charge in [-0.2, -0.15) is 0 Å². The van der Waals surface area contributed by atoms with Gasteiger partial charge in [-0.3, -0.25) is 4.99 Å². The van der Waals surface area contributed by atoms with E-state index in [1.807, 2.05) is 6.20 Å². The number of hydrogen-bond acceptors (Lipinski definition) is 5. The largest absolute Gasteiger partial charge is 0.379 e. The fourth-order valence-corrected chi connectivity index (χ4v) is 3.27. The van der Waals surface area contributed by atoms with Gasteiger partial charge >= 0.3 is 0 Å². The second-order valence-corrected chi connectivity index (χ2v) is 6.92.